The molecular formula is C15H20N2O2. The summed E-state index contributed by atoms with van der Waals surface area (Å²) < 4.78 is 5.43. The van der Waals surface area contributed by atoms with Gasteiger partial charge < -0.3 is 9.32 Å². The molecule has 2 fully saturated rings. The van der Waals surface area contributed by atoms with Crippen LogP contribution < -0.4 is 0 Å². The van der Waals surface area contributed by atoms with Crippen LogP contribution in [0.15, 0.2) is 35.5 Å². The van der Waals surface area contributed by atoms with E-state index in [2.05, 4.69) is 11.5 Å². The first-order chi connectivity index (χ1) is 9.29. The van der Waals surface area contributed by atoms with Crippen LogP contribution in [0, 0.1) is 0 Å². The first-order valence-corrected chi connectivity index (χ1v) is 6.96. The van der Waals surface area contributed by atoms with Crippen LogP contribution in [0.2, 0.25) is 0 Å². The Morgan fingerprint density at radius 2 is 2.32 bits per heavy atom. The SMILES string of the molecule is C=CCN1C(=O)CC[C@@H]2[C@H]1CCN2Cc1ccco1. The average molecular weight is 260 g/mol. The van der Waals surface area contributed by atoms with Crippen LogP contribution in [-0.2, 0) is 11.3 Å². The van der Waals surface area contributed by atoms with Crippen LogP contribution in [0.5, 0.6) is 0 Å². The molecule has 0 bridgehead atoms. The number of likely N-dealkylation sites (tertiary alicyclic amines) is 2. The molecule has 19 heavy (non-hydrogen) atoms. The topological polar surface area (TPSA) is 36.7 Å². The van der Waals surface area contributed by atoms with Crippen LogP contribution in [0.3, 0.4) is 0 Å². The van der Waals surface area contributed by atoms with Crippen LogP contribution >= 0.6 is 0 Å². The van der Waals surface area contributed by atoms with E-state index in [9.17, 15) is 4.79 Å². The molecule has 3 heterocycles. The van der Waals surface area contributed by atoms with Gasteiger partial charge in [-0.25, -0.2) is 0 Å². The van der Waals surface area contributed by atoms with Gasteiger partial charge in [0, 0.05) is 31.6 Å². The second-order valence-corrected chi connectivity index (χ2v) is 5.35. The minimum absolute atomic E-state index is 0.279. The number of rotatable bonds is 4. The van der Waals surface area contributed by atoms with Crippen molar-refractivity contribution in [2.45, 2.75) is 37.9 Å². The summed E-state index contributed by atoms with van der Waals surface area (Å²) in [5.41, 5.74) is 0. The zero-order valence-corrected chi connectivity index (χ0v) is 11.1. The molecule has 0 spiro atoms. The Labute approximate surface area is 113 Å². The molecule has 0 N–H and O–H groups in total. The Balaban J connectivity index is 1.71. The minimum atomic E-state index is 0.279. The first kappa shape index (κ1) is 12.5. The maximum atomic E-state index is 12.0. The van der Waals surface area contributed by atoms with Gasteiger partial charge in [-0.2, -0.15) is 0 Å². The summed E-state index contributed by atoms with van der Waals surface area (Å²) >= 11 is 0. The van der Waals surface area contributed by atoms with E-state index in [0.717, 1.165) is 31.7 Å². The van der Waals surface area contributed by atoms with Gasteiger partial charge >= 0.3 is 0 Å². The van der Waals surface area contributed by atoms with Gasteiger partial charge in [0.15, 0.2) is 0 Å². The zero-order chi connectivity index (χ0) is 13.2. The maximum Gasteiger partial charge on any atom is 0.223 e. The summed E-state index contributed by atoms with van der Waals surface area (Å²) in [6.45, 7) is 6.33. The van der Waals surface area contributed by atoms with Crippen LogP contribution in [0.4, 0.5) is 0 Å². The molecule has 0 unspecified atom stereocenters. The van der Waals surface area contributed by atoms with Gasteiger partial charge in [-0.1, -0.05) is 6.08 Å². The molecule has 4 heteroatoms. The Bertz CT molecular complexity index is 455. The lowest BCUT2D eigenvalue weighted by Gasteiger charge is -2.39. The molecule has 2 saturated heterocycles. The molecule has 4 nitrogen and oxygen atoms in total. The lowest BCUT2D eigenvalue weighted by Crippen LogP contribution is -2.52. The monoisotopic (exact) mass is 260 g/mol. The summed E-state index contributed by atoms with van der Waals surface area (Å²) in [4.78, 5) is 16.4. The van der Waals surface area contributed by atoms with Crippen molar-refractivity contribution in [3.63, 3.8) is 0 Å². The first-order valence-electron chi connectivity index (χ1n) is 6.96. The van der Waals surface area contributed by atoms with E-state index in [-0.39, 0.29) is 5.91 Å². The molecule has 0 aromatic carbocycles. The molecule has 3 rings (SSSR count). The van der Waals surface area contributed by atoms with E-state index < -0.39 is 0 Å². The maximum absolute atomic E-state index is 12.0. The molecule has 0 aliphatic carbocycles. The van der Waals surface area contributed by atoms with E-state index in [1.807, 2.05) is 23.1 Å². The van der Waals surface area contributed by atoms with Gasteiger partial charge in [0.2, 0.25) is 5.91 Å². The highest BCUT2D eigenvalue weighted by Crippen LogP contribution is 2.32. The molecule has 1 amide bonds. The third kappa shape index (κ3) is 2.32. The van der Waals surface area contributed by atoms with Crippen molar-refractivity contribution in [1.82, 2.24) is 9.80 Å². The van der Waals surface area contributed by atoms with Gasteiger partial charge in [0.1, 0.15) is 5.76 Å². The van der Waals surface area contributed by atoms with Crippen molar-refractivity contribution < 1.29 is 9.21 Å². The fourth-order valence-corrected chi connectivity index (χ4v) is 3.41. The van der Waals surface area contributed by atoms with E-state index in [1.54, 1.807) is 6.26 Å². The van der Waals surface area contributed by atoms with Crippen molar-refractivity contribution in [3.05, 3.63) is 36.8 Å². The summed E-state index contributed by atoms with van der Waals surface area (Å²) in [5, 5.41) is 0. The van der Waals surface area contributed by atoms with E-state index in [4.69, 9.17) is 4.42 Å². The van der Waals surface area contributed by atoms with Gasteiger partial charge in [0.25, 0.3) is 0 Å². The van der Waals surface area contributed by atoms with Crippen LogP contribution in [0.1, 0.15) is 25.0 Å². The molecule has 0 saturated carbocycles. The Morgan fingerprint density at radius 3 is 3.05 bits per heavy atom. The predicted octanol–water partition coefficient (Wildman–Crippen LogP) is 2.03. The number of hydrogen-bond donors (Lipinski definition) is 0. The molecule has 1 aromatic rings. The highest BCUT2D eigenvalue weighted by molar-refractivity contribution is 5.78. The Morgan fingerprint density at radius 1 is 1.42 bits per heavy atom. The fourth-order valence-electron chi connectivity index (χ4n) is 3.41. The van der Waals surface area contributed by atoms with E-state index in [1.165, 1.54) is 0 Å². The normalized spacial score (nSPS) is 27.6. The largest absolute Gasteiger partial charge is 0.468 e. The van der Waals surface area contributed by atoms with Gasteiger partial charge in [-0.05, 0) is 25.0 Å². The molecule has 0 radical (unpaired) electrons. The molecule has 1 aromatic heterocycles. The number of amides is 1. The third-order valence-corrected chi connectivity index (χ3v) is 4.26. The van der Waals surface area contributed by atoms with Gasteiger partial charge in [-0.15, -0.1) is 6.58 Å². The molecule has 2 aliphatic rings. The molecule has 2 atom stereocenters. The second kappa shape index (κ2) is 5.21. The molecular weight excluding hydrogens is 240 g/mol. The van der Waals surface area contributed by atoms with Gasteiger partial charge in [-0.3, -0.25) is 9.69 Å². The van der Waals surface area contributed by atoms with Crippen LogP contribution in [-0.4, -0.2) is 40.9 Å². The van der Waals surface area contributed by atoms with Crippen molar-refractivity contribution in [3.8, 4) is 0 Å². The average Bonchev–Trinajstić information content (AvgIpc) is 3.04. The number of furan rings is 1. The number of hydrogen-bond acceptors (Lipinski definition) is 3. The van der Waals surface area contributed by atoms with E-state index >= 15 is 0 Å². The Hall–Kier alpha value is -1.55. The molecule has 2 aliphatic heterocycles. The summed E-state index contributed by atoms with van der Waals surface area (Å²) in [6.07, 6.45) is 6.24. The second-order valence-electron chi connectivity index (χ2n) is 5.35. The van der Waals surface area contributed by atoms with Crippen molar-refractivity contribution >= 4 is 5.91 Å². The summed E-state index contributed by atoms with van der Waals surface area (Å²) in [5.74, 6) is 1.29. The lowest BCUT2D eigenvalue weighted by atomic mass is 9.96. The molecule has 102 valence electrons. The number of piperidine rings is 1. The quantitative estimate of drug-likeness (QED) is 0.777. The van der Waals surface area contributed by atoms with Crippen molar-refractivity contribution in [2.75, 3.05) is 13.1 Å². The standard InChI is InChI=1S/C15H20N2O2/c1-2-8-17-14-7-9-16(11-12-4-3-10-19-12)13(14)5-6-15(17)18/h2-4,10,13-14H,1,5-9,11H2/t13-,14-/m1/s1. The fraction of sp³-hybridized carbons (Fsp3) is 0.533. The zero-order valence-electron chi connectivity index (χ0n) is 11.1. The van der Waals surface area contributed by atoms with E-state index in [0.29, 0.717) is 25.0 Å². The third-order valence-electron chi connectivity index (χ3n) is 4.26. The predicted molar refractivity (Wildman–Crippen MR) is 72.5 cm³/mol. The summed E-state index contributed by atoms with van der Waals surface area (Å²) in [7, 11) is 0. The number of carbonyl (C=O) groups excluding carboxylic acids is 1. The number of carbonyl (C=O) groups is 1. The Kier molecular flexibility index (Phi) is 3.42. The van der Waals surface area contributed by atoms with Crippen molar-refractivity contribution in [1.29, 1.82) is 0 Å². The number of nitrogens with zero attached hydrogens (tertiary/aromatic N) is 2. The highest BCUT2D eigenvalue weighted by atomic mass is 16.3. The minimum Gasteiger partial charge on any atom is -0.468 e. The lowest BCUT2D eigenvalue weighted by molar-refractivity contribution is -0.136. The smallest absolute Gasteiger partial charge is 0.223 e. The summed E-state index contributed by atoms with van der Waals surface area (Å²) in [6, 6.07) is 4.78. The number of fused-ring (bicyclic) bond motifs is 1. The van der Waals surface area contributed by atoms with Gasteiger partial charge in [0.05, 0.1) is 12.8 Å². The van der Waals surface area contributed by atoms with Crippen LogP contribution in [0.25, 0.3) is 0 Å². The van der Waals surface area contributed by atoms with Crippen molar-refractivity contribution in [2.24, 2.45) is 0 Å². The highest BCUT2D eigenvalue weighted by Gasteiger charge is 2.42.